The Bertz CT molecular complexity index is 732. The van der Waals surface area contributed by atoms with Gasteiger partial charge in [0.2, 0.25) is 5.88 Å². The molecule has 0 radical (unpaired) electrons. The molecule has 3 aromatic rings. The molecular weight excluding hydrogens is 272 g/mol. The molecule has 0 aliphatic carbocycles. The number of pyridine rings is 1. The third-order valence-corrected chi connectivity index (χ3v) is 3.42. The highest BCUT2D eigenvalue weighted by atomic mass is 35.5. The number of imidazole rings is 1. The first-order valence-electron chi connectivity index (χ1n) is 6.54. The summed E-state index contributed by atoms with van der Waals surface area (Å²) < 4.78 is 7.77. The summed E-state index contributed by atoms with van der Waals surface area (Å²) in [5, 5.41) is 0.609. The first-order chi connectivity index (χ1) is 9.63. The summed E-state index contributed by atoms with van der Waals surface area (Å²) in [4.78, 5) is 4.22. The molecule has 1 aromatic carbocycles. The quantitative estimate of drug-likeness (QED) is 0.684. The summed E-state index contributed by atoms with van der Waals surface area (Å²) >= 11 is 6.08. The zero-order valence-electron chi connectivity index (χ0n) is 11.4. The largest absolute Gasteiger partial charge is 0.440 e. The number of hydrogen-bond donors (Lipinski definition) is 0. The lowest BCUT2D eigenvalue weighted by Gasteiger charge is -2.10. The Labute approximate surface area is 122 Å². The minimum atomic E-state index is 0.510. The van der Waals surface area contributed by atoms with Gasteiger partial charge in [-0.1, -0.05) is 37.6 Å². The molecule has 3 rings (SSSR count). The predicted molar refractivity (Wildman–Crippen MR) is 80.8 cm³/mol. The van der Waals surface area contributed by atoms with E-state index in [4.69, 9.17) is 16.3 Å². The maximum Gasteiger partial charge on any atom is 0.207 e. The van der Waals surface area contributed by atoms with Crippen LogP contribution in [0.1, 0.15) is 25.3 Å². The molecule has 0 aliphatic heterocycles. The van der Waals surface area contributed by atoms with E-state index < -0.39 is 0 Å². The van der Waals surface area contributed by atoms with Crippen LogP contribution < -0.4 is 4.74 Å². The van der Waals surface area contributed by atoms with Crippen LogP contribution in [0.25, 0.3) is 5.65 Å². The van der Waals surface area contributed by atoms with Crippen molar-refractivity contribution < 1.29 is 4.74 Å². The van der Waals surface area contributed by atoms with Crippen LogP contribution in [0.5, 0.6) is 11.6 Å². The Morgan fingerprint density at radius 1 is 1.15 bits per heavy atom. The summed E-state index contributed by atoms with van der Waals surface area (Å²) in [5.41, 5.74) is 2.06. The van der Waals surface area contributed by atoms with Crippen molar-refractivity contribution in [2.45, 2.75) is 19.8 Å². The molecule has 0 N–H and O–H groups in total. The molecule has 0 saturated carbocycles. The van der Waals surface area contributed by atoms with E-state index in [1.807, 2.05) is 22.7 Å². The normalized spacial score (nSPS) is 11.2. The second-order valence-electron chi connectivity index (χ2n) is 4.99. The van der Waals surface area contributed by atoms with Crippen molar-refractivity contribution in [1.29, 1.82) is 0 Å². The van der Waals surface area contributed by atoms with Crippen LogP contribution in [0.15, 0.2) is 48.8 Å². The smallest absolute Gasteiger partial charge is 0.207 e. The fourth-order valence-corrected chi connectivity index (χ4v) is 2.27. The average Bonchev–Trinajstić information content (AvgIpc) is 2.87. The predicted octanol–water partition coefficient (Wildman–Crippen LogP) is 4.90. The summed E-state index contributed by atoms with van der Waals surface area (Å²) in [6.45, 7) is 4.34. The van der Waals surface area contributed by atoms with E-state index >= 15 is 0 Å². The molecule has 20 heavy (non-hydrogen) atoms. The minimum absolute atomic E-state index is 0.510. The van der Waals surface area contributed by atoms with E-state index in [1.165, 1.54) is 5.56 Å². The lowest BCUT2D eigenvalue weighted by Crippen LogP contribution is -1.94. The Kier molecular flexibility index (Phi) is 3.36. The summed E-state index contributed by atoms with van der Waals surface area (Å²) in [6, 6.07) is 11.7. The highest BCUT2D eigenvalue weighted by Gasteiger charge is 2.06. The number of halogens is 1. The maximum atomic E-state index is 6.08. The third-order valence-electron chi connectivity index (χ3n) is 3.20. The van der Waals surface area contributed by atoms with Crippen LogP contribution in [0, 0.1) is 0 Å². The highest BCUT2D eigenvalue weighted by Crippen LogP contribution is 2.27. The molecule has 2 heterocycles. The van der Waals surface area contributed by atoms with E-state index in [1.54, 1.807) is 18.3 Å². The van der Waals surface area contributed by atoms with Gasteiger partial charge in [0.05, 0.1) is 0 Å². The van der Waals surface area contributed by atoms with Crippen LogP contribution >= 0.6 is 11.6 Å². The van der Waals surface area contributed by atoms with Crippen LogP contribution in [0.4, 0.5) is 0 Å². The van der Waals surface area contributed by atoms with Gasteiger partial charge >= 0.3 is 0 Å². The number of hydrogen-bond acceptors (Lipinski definition) is 2. The number of fused-ring (bicyclic) bond motifs is 1. The molecule has 4 heteroatoms. The zero-order chi connectivity index (χ0) is 14.1. The number of ether oxygens (including phenoxy) is 1. The molecule has 102 valence electrons. The van der Waals surface area contributed by atoms with E-state index in [2.05, 4.69) is 31.0 Å². The fraction of sp³-hybridized carbons (Fsp3) is 0.188. The van der Waals surface area contributed by atoms with E-state index in [0.717, 1.165) is 11.4 Å². The van der Waals surface area contributed by atoms with Gasteiger partial charge in [-0.2, -0.15) is 0 Å². The lowest BCUT2D eigenvalue weighted by atomic mass is 10.0. The first kappa shape index (κ1) is 13.0. The molecule has 0 fully saturated rings. The van der Waals surface area contributed by atoms with Crippen molar-refractivity contribution in [3.63, 3.8) is 0 Å². The van der Waals surface area contributed by atoms with Crippen molar-refractivity contribution in [2.24, 2.45) is 0 Å². The Morgan fingerprint density at radius 3 is 2.60 bits per heavy atom. The maximum absolute atomic E-state index is 6.08. The molecule has 0 unspecified atom stereocenters. The molecule has 0 spiro atoms. The van der Waals surface area contributed by atoms with Gasteiger partial charge in [-0.15, -0.1) is 0 Å². The van der Waals surface area contributed by atoms with E-state index in [0.29, 0.717) is 16.8 Å². The SMILES string of the molecule is CC(C)c1ccc(Oc2cc(Cl)cc3nccn23)cc1. The number of rotatable bonds is 3. The van der Waals surface area contributed by atoms with Crippen molar-refractivity contribution in [3.05, 3.63) is 59.4 Å². The van der Waals surface area contributed by atoms with Crippen molar-refractivity contribution in [3.8, 4) is 11.6 Å². The molecule has 0 bridgehead atoms. The molecule has 0 aliphatic rings. The summed E-state index contributed by atoms with van der Waals surface area (Å²) in [7, 11) is 0. The van der Waals surface area contributed by atoms with Crippen LogP contribution in [0.3, 0.4) is 0 Å². The van der Waals surface area contributed by atoms with E-state index in [-0.39, 0.29) is 0 Å². The molecule has 0 saturated heterocycles. The monoisotopic (exact) mass is 286 g/mol. The van der Waals surface area contributed by atoms with Crippen molar-refractivity contribution in [2.75, 3.05) is 0 Å². The van der Waals surface area contributed by atoms with Crippen LogP contribution in [-0.2, 0) is 0 Å². The molecule has 0 atom stereocenters. The fourth-order valence-electron chi connectivity index (χ4n) is 2.08. The summed E-state index contributed by atoms with van der Waals surface area (Å²) in [6.07, 6.45) is 3.57. The Morgan fingerprint density at radius 2 is 1.90 bits per heavy atom. The molecule has 2 aromatic heterocycles. The number of benzene rings is 1. The Balaban J connectivity index is 1.94. The molecule has 3 nitrogen and oxygen atoms in total. The highest BCUT2D eigenvalue weighted by molar-refractivity contribution is 6.31. The number of aromatic nitrogens is 2. The van der Waals surface area contributed by atoms with Gasteiger partial charge in [-0.05, 0) is 23.6 Å². The van der Waals surface area contributed by atoms with Gasteiger partial charge in [0, 0.05) is 29.5 Å². The molecule has 0 amide bonds. The van der Waals surface area contributed by atoms with Crippen LogP contribution in [0.2, 0.25) is 5.02 Å². The van der Waals surface area contributed by atoms with Gasteiger partial charge in [0.1, 0.15) is 11.4 Å². The van der Waals surface area contributed by atoms with Gasteiger partial charge in [-0.3, -0.25) is 4.40 Å². The van der Waals surface area contributed by atoms with Crippen molar-refractivity contribution >= 4 is 17.2 Å². The first-order valence-corrected chi connectivity index (χ1v) is 6.92. The second-order valence-corrected chi connectivity index (χ2v) is 5.43. The minimum Gasteiger partial charge on any atom is -0.440 e. The molecular formula is C16H15ClN2O. The van der Waals surface area contributed by atoms with Gasteiger partial charge in [-0.25, -0.2) is 4.98 Å². The zero-order valence-corrected chi connectivity index (χ0v) is 12.1. The average molecular weight is 287 g/mol. The Hall–Kier alpha value is -2.00. The topological polar surface area (TPSA) is 26.5 Å². The van der Waals surface area contributed by atoms with Gasteiger partial charge in [0.15, 0.2) is 0 Å². The summed E-state index contributed by atoms with van der Waals surface area (Å²) in [5.74, 6) is 1.95. The standard InChI is InChI=1S/C16H15ClN2O/c1-11(2)12-3-5-14(6-4-12)20-16-10-13(17)9-15-18-7-8-19(15)16/h3-11H,1-2H3. The third kappa shape index (κ3) is 2.49. The van der Waals surface area contributed by atoms with Crippen molar-refractivity contribution in [1.82, 2.24) is 9.38 Å². The lowest BCUT2D eigenvalue weighted by molar-refractivity contribution is 0.456. The van der Waals surface area contributed by atoms with E-state index in [9.17, 15) is 0 Å². The van der Waals surface area contributed by atoms with Gasteiger partial charge in [0.25, 0.3) is 0 Å². The number of nitrogens with zero attached hydrogens (tertiary/aromatic N) is 2. The van der Waals surface area contributed by atoms with Crippen LogP contribution in [-0.4, -0.2) is 9.38 Å². The second kappa shape index (κ2) is 5.17. The van der Waals surface area contributed by atoms with Gasteiger partial charge < -0.3 is 4.74 Å².